The van der Waals surface area contributed by atoms with E-state index in [4.69, 9.17) is 15.7 Å². The fourth-order valence-electron chi connectivity index (χ4n) is 3.81. The second kappa shape index (κ2) is 11.0. The number of nitrogens with two attached hydrogens (primary N) is 1. The molecule has 6 nitrogen and oxygen atoms in total. The molecule has 2 aromatic rings. The number of guanidine groups is 1. The number of rotatable bonds is 12. The lowest BCUT2D eigenvalue weighted by atomic mass is 10.0. The standard InChI is InChI=1S/C23H35N5O/c1-2-3-4-5-6-7-8-9-10-11-18-12-14-19(15-13-18)21-26-22(29-27-21)20-16-28(17-20)23(24)25/h12-15,20H,2-11,16-17H2,1H3,(H3,24,25). The van der Waals surface area contributed by atoms with Crippen molar-refractivity contribution in [2.24, 2.45) is 5.73 Å². The Morgan fingerprint density at radius 3 is 2.28 bits per heavy atom. The van der Waals surface area contributed by atoms with Gasteiger partial charge in [-0.15, -0.1) is 0 Å². The third-order valence-electron chi connectivity index (χ3n) is 5.79. The van der Waals surface area contributed by atoms with Gasteiger partial charge in [0.2, 0.25) is 11.7 Å². The van der Waals surface area contributed by atoms with Crippen LogP contribution in [-0.4, -0.2) is 34.1 Å². The molecule has 0 aliphatic carbocycles. The van der Waals surface area contributed by atoms with Crippen LogP contribution in [0, 0.1) is 5.41 Å². The second-order valence-electron chi connectivity index (χ2n) is 8.22. The highest BCUT2D eigenvalue weighted by atomic mass is 16.5. The number of aryl methyl sites for hydroxylation is 1. The minimum atomic E-state index is 0.101. The summed E-state index contributed by atoms with van der Waals surface area (Å²) < 4.78 is 5.42. The molecule has 1 aliphatic rings. The molecule has 0 radical (unpaired) electrons. The molecule has 1 aromatic heterocycles. The Kier molecular flexibility index (Phi) is 8.08. The van der Waals surface area contributed by atoms with Crippen LogP contribution < -0.4 is 5.73 Å². The van der Waals surface area contributed by atoms with E-state index in [2.05, 4.69) is 41.3 Å². The largest absolute Gasteiger partial charge is 0.370 e. The number of aromatic nitrogens is 2. The molecule has 1 fully saturated rings. The number of nitrogens with zero attached hydrogens (tertiary/aromatic N) is 3. The Balaban J connectivity index is 1.36. The molecular weight excluding hydrogens is 362 g/mol. The van der Waals surface area contributed by atoms with Crippen molar-refractivity contribution in [2.75, 3.05) is 13.1 Å². The monoisotopic (exact) mass is 397 g/mol. The van der Waals surface area contributed by atoms with Gasteiger partial charge in [-0.05, 0) is 18.4 Å². The number of hydrogen-bond acceptors (Lipinski definition) is 4. The van der Waals surface area contributed by atoms with Crippen molar-refractivity contribution in [3.05, 3.63) is 35.7 Å². The first-order valence-electron chi connectivity index (χ1n) is 11.2. The molecule has 2 heterocycles. The summed E-state index contributed by atoms with van der Waals surface area (Å²) in [6.45, 7) is 3.62. The Labute approximate surface area is 174 Å². The highest BCUT2D eigenvalue weighted by Gasteiger charge is 2.33. The molecule has 0 bridgehead atoms. The lowest BCUT2D eigenvalue weighted by Gasteiger charge is -2.37. The summed E-state index contributed by atoms with van der Waals surface area (Å²) >= 11 is 0. The van der Waals surface area contributed by atoms with Crippen LogP contribution in [0.1, 0.15) is 82.1 Å². The molecule has 29 heavy (non-hydrogen) atoms. The van der Waals surface area contributed by atoms with Crippen LogP contribution in [0.5, 0.6) is 0 Å². The third kappa shape index (κ3) is 6.31. The maximum Gasteiger partial charge on any atom is 0.233 e. The average molecular weight is 398 g/mol. The van der Waals surface area contributed by atoms with Crippen molar-refractivity contribution in [1.82, 2.24) is 15.0 Å². The van der Waals surface area contributed by atoms with Crippen LogP contribution in [0.4, 0.5) is 0 Å². The summed E-state index contributed by atoms with van der Waals surface area (Å²) in [5, 5.41) is 11.5. The normalized spacial score (nSPS) is 14.2. The Morgan fingerprint density at radius 2 is 1.66 bits per heavy atom. The van der Waals surface area contributed by atoms with Crippen LogP contribution >= 0.6 is 0 Å². The van der Waals surface area contributed by atoms with E-state index in [1.165, 1.54) is 63.4 Å². The molecule has 1 saturated heterocycles. The van der Waals surface area contributed by atoms with E-state index in [0.29, 0.717) is 24.8 Å². The molecule has 1 aromatic carbocycles. The van der Waals surface area contributed by atoms with E-state index in [9.17, 15) is 0 Å². The van der Waals surface area contributed by atoms with Gasteiger partial charge in [0.05, 0.1) is 5.92 Å². The Morgan fingerprint density at radius 1 is 1.03 bits per heavy atom. The molecule has 158 valence electrons. The quantitative estimate of drug-likeness (QED) is 0.295. The molecule has 3 rings (SSSR count). The van der Waals surface area contributed by atoms with Crippen molar-refractivity contribution >= 4 is 5.96 Å². The van der Waals surface area contributed by atoms with Crippen LogP contribution in [0.25, 0.3) is 11.4 Å². The smallest absolute Gasteiger partial charge is 0.233 e. The molecule has 3 N–H and O–H groups in total. The Bertz CT molecular complexity index is 749. The van der Waals surface area contributed by atoms with Crippen molar-refractivity contribution in [3.63, 3.8) is 0 Å². The lowest BCUT2D eigenvalue weighted by Crippen LogP contribution is -2.51. The summed E-state index contributed by atoms with van der Waals surface area (Å²) in [6.07, 6.45) is 13.4. The summed E-state index contributed by atoms with van der Waals surface area (Å²) in [5.74, 6) is 1.54. The summed E-state index contributed by atoms with van der Waals surface area (Å²) in [6, 6.07) is 8.52. The molecular formula is C23H35N5O. The molecule has 0 atom stereocenters. The Hall–Kier alpha value is -2.37. The fourth-order valence-corrected chi connectivity index (χ4v) is 3.81. The van der Waals surface area contributed by atoms with E-state index in [0.717, 1.165) is 12.0 Å². The summed E-state index contributed by atoms with van der Waals surface area (Å²) in [5.41, 5.74) is 7.83. The number of unbranched alkanes of at least 4 members (excludes halogenated alkanes) is 8. The zero-order valence-electron chi connectivity index (χ0n) is 17.7. The molecule has 0 saturated carbocycles. The molecule has 0 unspecified atom stereocenters. The lowest BCUT2D eigenvalue weighted by molar-refractivity contribution is 0.203. The van der Waals surface area contributed by atoms with Gasteiger partial charge < -0.3 is 15.2 Å². The third-order valence-corrected chi connectivity index (χ3v) is 5.79. The first kappa shape index (κ1) is 21.3. The number of benzene rings is 1. The van der Waals surface area contributed by atoms with Crippen LogP contribution in [0.2, 0.25) is 0 Å². The van der Waals surface area contributed by atoms with Crippen molar-refractivity contribution in [1.29, 1.82) is 5.41 Å². The maximum absolute atomic E-state index is 7.41. The van der Waals surface area contributed by atoms with Gasteiger partial charge in [0, 0.05) is 18.7 Å². The summed E-state index contributed by atoms with van der Waals surface area (Å²) in [7, 11) is 0. The van der Waals surface area contributed by atoms with Crippen molar-refractivity contribution in [2.45, 2.75) is 77.0 Å². The van der Waals surface area contributed by atoms with E-state index < -0.39 is 0 Å². The predicted molar refractivity (Wildman–Crippen MR) is 117 cm³/mol. The highest BCUT2D eigenvalue weighted by Crippen LogP contribution is 2.27. The minimum Gasteiger partial charge on any atom is -0.370 e. The fraction of sp³-hybridized carbons (Fsp3) is 0.609. The number of nitrogens with one attached hydrogen (secondary N) is 1. The van der Waals surface area contributed by atoms with Gasteiger partial charge in [-0.1, -0.05) is 87.7 Å². The van der Waals surface area contributed by atoms with Gasteiger partial charge in [0.1, 0.15) is 0 Å². The van der Waals surface area contributed by atoms with Crippen molar-refractivity contribution in [3.8, 4) is 11.4 Å². The molecule has 6 heteroatoms. The SMILES string of the molecule is CCCCCCCCCCCc1ccc(-c2noc(C3CN(C(=N)N)C3)n2)cc1. The van der Waals surface area contributed by atoms with Crippen LogP contribution in [-0.2, 0) is 6.42 Å². The van der Waals surface area contributed by atoms with Crippen LogP contribution in [0.3, 0.4) is 0 Å². The van der Waals surface area contributed by atoms with Gasteiger partial charge in [-0.25, -0.2) is 0 Å². The zero-order valence-corrected chi connectivity index (χ0v) is 17.7. The van der Waals surface area contributed by atoms with Gasteiger partial charge in [-0.2, -0.15) is 4.98 Å². The first-order valence-corrected chi connectivity index (χ1v) is 11.2. The highest BCUT2D eigenvalue weighted by molar-refractivity contribution is 5.75. The maximum atomic E-state index is 7.41. The van der Waals surface area contributed by atoms with E-state index in [1.54, 1.807) is 4.90 Å². The molecule has 0 amide bonds. The van der Waals surface area contributed by atoms with Gasteiger partial charge >= 0.3 is 0 Å². The van der Waals surface area contributed by atoms with Crippen molar-refractivity contribution < 1.29 is 4.52 Å². The number of hydrogen-bond donors (Lipinski definition) is 2. The second-order valence-corrected chi connectivity index (χ2v) is 8.22. The average Bonchev–Trinajstić information content (AvgIpc) is 3.15. The summed E-state index contributed by atoms with van der Waals surface area (Å²) in [4.78, 5) is 6.32. The molecule has 0 spiro atoms. The zero-order chi connectivity index (χ0) is 20.5. The molecule has 1 aliphatic heterocycles. The topological polar surface area (TPSA) is 92.0 Å². The van der Waals surface area contributed by atoms with Gasteiger partial charge in [-0.3, -0.25) is 5.41 Å². The van der Waals surface area contributed by atoms with E-state index >= 15 is 0 Å². The first-order chi connectivity index (χ1) is 14.2. The van der Waals surface area contributed by atoms with Gasteiger partial charge in [0.25, 0.3) is 0 Å². The van der Waals surface area contributed by atoms with E-state index in [1.807, 2.05) is 0 Å². The number of likely N-dealkylation sites (tertiary alicyclic amines) is 1. The van der Waals surface area contributed by atoms with E-state index in [-0.39, 0.29) is 11.9 Å². The predicted octanol–water partition coefficient (Wildman–Crippen LogP) is 5.10. The van der Waals surface area contributed by atoms with Gasteiger partial charge in [0.15, 0.2) is 5.96 Å². The minimum absolute atomic E-state index is 0.101. The van der Waals surface area contributed by atoms with Crippen LogP contribution in [0.15, 0.2) is 28.8 Å².